The van der Waals surface area contributed by atoms with Gasteiger partial charge in [0.25, 0.3) is 0 Å². The summed E-state index contributed by atoms with van der Waals surface area (Å²) in [5.41, 5.74) is 4.45. The molecule has 198 valence electrons. The maximum atomic E-state index is 11.7. The Hall–Kier alpha value is -3.21. The lowest BCUT2D eigenvalue weighted by atomic mass is 10.0. The van der Waals surface area contributed by atoms with E-state index in [1.807, 2.05) is 43.6 Å². The Morgan fingerprint density at radius 3 is 1.97 bits per heavy atom. The van der Waals surface area contributed by atoms with Crippen molar-refractivity contribution in [3.63, 3.8) is 0 Å². The first-order chi connectivity index (χ1) is 18.1. The summed E-state index contributed by atoms with van der Waals surface area (Å²) in [4.78, 5) is 20.9. The van der Waals surface area contributed by atoms with E-state index in [1.54, 1.807) is 0 Å². The molecular weight excluding hydrogens is 460 g/mol. The highest BCUT2D eigenvalue weighted by Gasteiger charge is 2.10. The van der Waals surface area contributed by atoms with Crippen LogP contribution in [0.25, 0.3) is 22.5 Å². The number of hydrogen-bond acceptors (Lipinski definition) is 5. The number of unbranched alkanes of at least 4 members (excludes halogenated alkanes) is 6. The Kier molecular flexibility index (Phi) is 12.1. The molecule has 0 aliphatic carbocycles. The third-order valence-electron chi connectivity index (χ3n) is 6.41. The Bertz CT molecular complexity index is 1050. The molecule has 37 heavy (non-hydrogen) atoms. The molecule has 1 atom stereocenters. The molecule has 3 rings (SSSR count). The molecule has 0 bridgehead atoms. The highest BCUT2D eigenvalue weighted by molar-refractivity contribution is 5.69. The molecule has 3 aromatic rings. The molecule has 2 aromatic carbocycles. The number of esters is 1. The van der Waals surface area contributed by atoms with Gasteiger partial charge >= 0.3 is 5.97 Å². The number of ether oxygens (including phenoxy) is 2. The van der Waals surface area contributed by atoms with Crippen molar-refractivity contribution in [3.05, 3.63) is 66.5 Å². The number of carbonyl (C=O) groups is 1. The van der Waals surface area contributed by atoms with Gasteiger partial charge in [0.15, 0.2) is 5.82 Å². The van der Waals surface area contributed by atoms with E-state index in [0.29, 0.717) is 13.0 Å². The van der Waals surface area contributed by atoms with Crippen molar-refractivity contribution in [1.29, 1.82) is 0 Å². The molecule has 0 radical (unpaired) electrons. The van der Waals surface area contributed by atoms with Crippen molar-refractivity contribution in [2.75, 3.05) is 6.61 Å². The summed E-state index contributed by atoms with van der Waals surface area (Å²) in [7, 11) is 0. The minimum absolute atomic E-state index is 0.161. The Balaban J connectivity index is 1.47. The van der Waals surface area contributed by atoms with Gasteiger partial charge in [-0.25, -0.2) is 9.97 Å². The van der Waals surface area contributed by atoms with Crippen LogP contribution in [-0.4, -0.2) is 28.6 Å². The summed E-state index contributed by atoms with van der Waals surface area (Å²) in [6.45, 7) is 6.50. The van der Waals surface area contributed by atoms with Gasteiger partial charge in [0.05, 0.1) is 0 Å². The largest absolute Gasteiger partial charge is 0.490 e. The molecule has 5 nitrogen and oxygen atoms in total. The van der Waals surface area contributed by atoms with Crippen LogP contribution in [0.15, 0.2) is 60.9 Å². The van der Waals surface area contributed by atoms with Gasteiger partial charge in [-0.3, -0.25) is 4.79 Å². The van der Waals surface area contributed by atoms with Gasteiger partial charge in [-0.1, -0.05) is 88.8 Å². The molecule has 0 saturated heterocycles. The minimum Gasteiger partial charge on any atom is -0.490 e. The number of aryl methyl sites for hydroxylation is 1. The van der Waals surface area contributed by atoms with Crippen molar-refractivity contribution in [2.24, 2.45) is 0 Å². The molecule has 0 spiro atoms. The highest BCUT2D eigenvalue weighted by Crippen LogP contribution is 2.25. The van der Waals surface area contributed by atoms with E-state index in [0.717, 1.165) is 47.5 Å². The van der Waals surface area contributed by atoms with E-state index < -0.39 is 0 Å². The Morgan fingerprint density at radius 1 is 0.757 bits per heavy atom. The van der Waals surface area contributed by atoms with Crippen LogP contribution < -0.4 is 4.74 Å². The molecule has 1 aromatic heterocycles. The minimum atomic E-state index is -0.275. The van der Waals surface area contributed by atoms with Crippen LogP contribution in [0.5, 0.6) is 5.75 Å². The number of rotatable bonds is 16. The monoisotopic (exact) mass is 502 g/mol. The lowest BCUT2D eigenvalue weighted by molar-refractivity contribution is -0.149. The maximum Gasteiger partial charge on any atom is 0.306 e. The van der Waals surface area contributed by atoms with Gasteiger partial charge in [0, 0.05) is 24.4 Å². The summed E-state index contributed by atoms with van der Waals surface area (Å²) in [6.07, 6.45) is 14.8. The lowest BCUT2D eigenvalue weighted by Crippen LogP contribution is -2.21. The Labute approximate surface area is 222 Å². The van der Waals surface area contributed by atoms with Gasteiger partial charge in [-0.05, 0) is 55.0 Å². The van der Waals surface area contributed by atoms with Crippen LogP contribution in [0, 0.1) is 0 Å². The summed E-state index contributed by atoms with van der Waals surface area (Å²) >= 11 is 0. The zero-order chi connectivity index (χ0) is 26.3. The summed E-state index contributed by atoms with van der Waals surface area (Å²) in [6, 6.07) is 16.3. The van der Waals surface area contributed by atoms with Crippen molar-refractivity contribution in [2.45, 2.75) is 91.1 Å². The molecular formula is C32H42N2O3. The van der Waals surface area contributed by atoms with E-state index in [4.69, 9.17) is 9.47 Å². The van der Waals surface area contributed by atoms with E-state index in [1.165, 1.54) is 44.1 Å². The number of benzene rings is 2. The van der Waals surface area contributed by atoms with Crippen molar-refractivity contribution in [3.8, 4) is 28.3 Å². The molecule has 0 aliphatic rings. The fraction of sp³-hybridized carbons (Fsp3) is 0.469. The lowest BCUT2D eigenvalue weighted by Gasteiger charge is -2.14. The summed E-state index contributed by atoms with van der Waals surface area (Å²) < 4.78 is 11.2. The highest BCUT2D eigenvalue weighted by atomic mass is 16.6. The van der Waals surface area contributed by atoms with Gasteiger partial charge in [-0.2, -0.15) is 0 Å². The number of nitrogens with zero attached hydrogens (tertiary/aromatic N) is 2. The van der Waals surface area contributed by atoms with Crippen LogP contribution in [-0.2, 0) is 16.0 Å². The first-order valence-electron chi connectivity index (χ1n) is 13.9. The van der Waals surface area contributed by atoms with E-state index in [2.05, 4.69) is 48.1 Å². The molecule has 0 unspecified atom stereocenters. The van der Waals surface area contributed by atoms with Crippen LogP contribution in [0.2, 0.25) is 0 Å². The maximum absolute atomic E-state index is 11.7. The van der Waals surface area contributed by atoms with Gasteiger partial charge in [0.1, 0.15) is 18.5 Å². The average molecular weight is 503 g/mol. The molecule has 0 aliphatic heterocycles. The second-order valence-electron chi connectivity index (χ2n) is 9.75. The van der Waals surface area contributed by atoms with Crippen LogP contribution in [0.4, 0.5) is 0 Å². The van der Waals surface area contributed by atoms with Gasteiger partial charge < -0.3 is 9.47 Å². The van der Waals surface area contributed by atoms with E-state index in [-0.39, 0.29) is 12.1 Å². The van der Waals surface area contributed by atoms with E-state index >= 15 is 0 Å². The molecule has 0 fully saturated rings. The molecule has 5 heteroatoms. The number of hydrogen-bond donors (Lipinski definition) is 0. The van der Waals surface area contributed by atoms with Crippen LogP contribution >= 0.6 is 0 Å². The standard InChI is InChI=1S/C32H42N2O3/c1-4-6-8-9-10-11-12-26-22-33-32(34-23-26)29-16-14-27(15-17-29)28-18-20-30(21-19-28)36-24-25(3)37-31(35)13-7-5-2/h14-23,25H,4-13,24H2,1-3H3/t25-/m0/s1. The third kappa shape index (κ3) is 9.99. The van der Waals surface area contributed by atoms with Crippen molar-refractivity contribution >= 4 is 5.97 Å². The quantitative estimate of drug-likeness (QED) is 0.146. The summed E-state index contributed by atoms with van der Waals surface area (Å²) in [5.74, 6) is 1.35. The third-order valence-corrected chi connectivity index (χ3v) is 6.41. The smallest absolute Gasteiger partial charge is 0.306 e. The normalized spacial score (nSPS) is 11.8. The van der Waals surface area contributed by atoms with Gasteiger partial charge in [0.2, 0.25) is 0 Å². The zero-order valence-corrected chi connectivity index (χ0v) is 22.7. The van der Waals surface area contributed by atoms with Crippen molar-refractivity contribution < 1.29 is 14.3 Å². The number of carbonyl (C=O) groups excluding carboxylic acids is 1. The summed E-state index contributed by atoms with van der Waals surface area (Å²) in [5, 5.41) is 0. The predicted octanol–water partition coefficient (Wildman–Crippen LogP) is 8.21. The topological polar surface area (TPSA) is 61.3 Å². The predicted molar refractivity (Wildman–Crippen MR) is 151 cm³/mol. The van der Waals surface area contributed by atoms with Crippen molar-refractivity contribution in [1.82, 2.24) is 9.97 Å². The SMILES string of the molecule is CCCCCCCCc1cnc(-c2ccc(-c3ccc(OC[C@H](C)OC(=O)CCCC)cc3)cc2)nc1. The first-order valence-corrected chi connectivity index (χ1v) is 13.9. The van der Waals surface area contributed by atoms with Crippen LogP contribution in [0.3, 0.4) is 0 Å². The van der Waals surface area contributed by atoms with E-state index in [9.17, 15) is 4.79 Å². The molecule has 0 amide bonds. The number of aromatic nitrogens is 2. The first kappa shape index (κ1) is 28.4. The fourth-order valence-corrected chi connectivity index (χ4v) is 4.15. The molecule has 0 N–H and O–H groups in total. The Morgan fingerprint density at radius 2 is 1.32 bits per heavy atom. The fourth-order valence-electron chi connectivity index (χ4n) is 4.15. The molecule has 1 heterocycles. The second kappa shape index (κ2) is 15.8. The zero-order valence-electron chi connectivity index (χ0n) is 22.7. The van der Waals surface area contributed by atoms with Gasteiger partial charge in [-0.15, -0.1) is 0 Å². The second-order valence-corrected chi connectivity index (χ2v) is 9.75. The van der Waals surface area contributed by atoms with Crippen LogP contribution in [0.1, 0.15) is 84.1 Å². The molecule has 0 saturated carbocycles. The average Bonchev–Trinajstić information content (AvgIpc) is 2.93.